The highest BCUT2D eigenvalue weighted by atomic mass is 15.3. The van der Waals surface area contributed by atoms with Crippen LogP contribution in [0.5, 0.6) is 0 Å². The lowest BCUT2D eigenvalue weighted by atomic mass is 10.3. The fourth-order valence-corrected chi connectivity index (χ4v) is 2.75. The molecule has 0 bridgehead atoms. The van der Waals surface area contributed by atoms with E-state index in [9.17, 15) is 0 Å². The third-order valence-corrected chi connectivity index (χ3v) is 3.95. The van der Waals surface area contributed by atoms with Crippen LogP contribution in [-0.4, -0.2) is 19.3 Å². The van der Waals surface area contributed by atoms with Gasteiger partial charge in [0.05, 0.1) is 35.6 Å². The molecule has 2 aromatic heterocycles. The largest absolute Gasteiger partial charge is 0.376 e. The molecule has 20 heavy (non-hydrogen) atoms. The summed E-state index contributed by atoms with van der Waals surface area (Å²) in [7, 11) is 0. The van der Waals surface area contributed by atoms with Crippen molar-refractivity contribution in [2.24, 2.45) is 0 Å². The molecule has 0 spiro atoms. The number of nitrogens with zero attached hydrogens (tertiary/aromatic N) is 4. The van der Waals surface area contributed by atoms with Crippen LogP contribution >= 0.6 is 0 Å². The van der Waals surface area contributed by atoms with E-state index < -0.39 is 0 Å². The Morgan fingerprint density at radius 3 is 2.70 bits per heavy atom. The van der Waals surface area contributed by atoms with Crippen molar-refractivity contribution in [3.05, 3.63) is 29.6 Å². The summed E-state index contributed by atoms with van der Waals surface area (Å²) in [6.07, 6.45) is 6.48. The number of anilines is 1. The van der Waals surface area contributed by atoms with Crippen molar-refractivity contribution in [1.29, 1.82) is 0 Å². The Bertz CT molecular complexity index is 604. The lowest BCUT2D eigenvalue weighted by Crippen LogP contribution is -2.08. The van der Waals surface area contributed by atoms with Gasteiger partial charge in [-0.1, -0.05) is 0 Å². The minimum atomic E-state index is 0.390. The van der Waals surface area contributed by atoms with Gasteiger partial charge >= 0.3 is 0 Å². The summed E-state index contributed by atoms with van der Waals surface area (Å²) >= 11 is 0. The first-order chi connectivity index (χ1) is 9.58. The van der Waals surface area contributed by atoms with E-state index in [1.807, 2.05) is 12.5 Å². The van der Waals surface area contributed by atoms with Gasteiger partial charge in [0.2, 0.25) is 0 Å². The zero-order chi connectivity index (χ0) is 14.3. The second kappa shape index (κ2) is 4.96. The standard InChI is InChI=1S/C15H23N5/c1-10(2)20-12(4)15(11(3)18-20)17-8-14-7-16-9-19(14)13-5-6-13/h7,9-10,13,17H,5-6,8H2,1-4H3. The number of aryl methyl sites for hydroxylation is 1. The molecule has 1 N–H and O–H groups in total. The van der Waals surface area contributed by atoms with Gasteiger partial charge in [-0.2, -0.15) is 5.10 Å². The van der Waals surface area contributed by atoms with Gasteiger partial charge in [0.1, 0.15) is 0 Å². The number of rotatable bonds is 5. The van der Waals surface area contributed by atoms with E-state index in [2.05, 4.69) is 52.3 Å². The van der Waals surface area contributed by atoms with Crippen molar-refractivity contribution in [3.8, 4) is 0 Å². The van der Waals surface area contributed by atoms with Crippen LogP contribution in [0.4, 0.5) is 5.69 Å². The van der Waals surface area contributed by atoms with Gasteiger partial charge in [0, 0.05) is 18.3 Å². The monoisotopic (exact) mass is 273 g/mol. The molecule has 5 nitrogen and oxygen atoms in total. The smallest absolute Gasteiger partial charge is 0.0951 e. The highest BCUT2D eigenvalue weighted by Crippen LogP contribution is 2.35. The minimum Gasteiger partial charge on any atom is -0.376 e. The van der Waals surface area contributed by atoms with Gasteiger partial charge in [-0.3, -0.25) is 4.68 Å². The molecular formula is C15H23N5. The van der Waals surface area contributed by atoms with Crippen LogP contribution in [0.1, 0.15) is 55.9 Å². The Morgan fingerprint density at radius 1 is 1.35 bits per heavy atom. The van der Waals surface area contributed by atoms with Crippen molar-refractivity contribution in [2.75, 3.05) is 5.32 Å². The lowest BCUT2D eigenvalue weighted by molar-refractivity contribution is 0.516. The fourth-order valence-electron chi connectivity index (χ4n) is 2.75. The Balaban J connectivity index is 1.76. The predicted molar refractivity (Wildman–Crippen MR) is 79.9 cm³/mol. The first-order valence-electron chi connectivity index (χ1n) is 7.38. The number of hydrogen-bond acceptors (Lipinski definition) is 3. The van der Waals surface area contributed by atoms with Crippen molar-refractivity contribution in [1.82, 2.24) is 19.3 Å². The van der Waals surface area contributed by atoms with Gasteiger partial charge in [0.25, 0.3) is 0 Å². The maximum Gasteiger partial charge on any atom is 0.0951 e. The lowest BCUT2D eigenvalue weighted by Gasteiger charge is -2.11. The average molecular weight is 273 g/mol. The molecule has 1 fully saturated rings. The van der Waals surface area contributed by atoms with Crippen molar-refractivity contribution >= 4 is 5.69 Å². The normalized spacial score (nSPS) is 15.1. The van der Waals surface area contributed by atoms with Gasteiger partial charge < -0.3 is 9.88 Å². The first-order valence-corrected chi connectivity index (χ1v) is 7.38. The molecule has 2 heterocycles. The van der Waals surface area contributed by atoms with Crippen LogP contribution in [0, 0.1) is 13.8 Å². The number of aromatic nitrogens is 4. The molecule has 0 radical (unpaired) electrons. The van der Waals surface area contributed by atoms with E-state index in [0.29, 0.717) is 12.1 Å². The fraction of sp³-hybridized carbons (Fsp3) is 0.600. The van der Waals surface area contributed by atoms with Crippen molar-refractivity contribution in [2.45, 2.75) is 59.2 Å². The van der Waals surface area contributed by atoms with Gasteiger partial charge in [-0.25, -0.2) is 4.98 Å². The number of hydrogen-bond donors (Lipinski definition) is 1. The summed E-state index contributed by atoms with van der Waals surface area (Å²) in [5, 5.41) is 8.15. The average Bonchev–Trinajstić information content (AvgIpc) is 3.07. The van der Waals surface area contributed by atoms with Crippen molar-refractivity contribution < 1.29 is 0 Å². The van der Waals surface area contributed by atoms with E-state index in [0.717, 1.165) is 17.9 Å². The van der Waals surface area contributed by atoms with E-state index in [-0.39, 0.29) is 0 Å². The molecule has 2 aromatic rings. The highest BCUT2D eigenvalue weighted by Gasteiger charge is 2.25. The summed E-state index contributed by atoms with van der Waals surface area (Å²) in [6.45, 7) is 9.31. The van der Waals surface area contributed by atoms with Gasteiger partial charge in [0.15, 0.2) is 0 Å². The summed E-state index contributed by atoms with van der Waals surface area (Å²) in [5.74, 6) is 0. The van der Waals surface area contributed by atoms with Gasteiger partial charge in [-0.05, 0) is 40.5 Å². The summed E-state index contributed by atoms with van der Waals surface area (Å²) in [5.41, 5.74) is 4.68. The Morgan fingerprint density at radius 2 is 2.10 bits per heavy atom. The summed E-state index contributed by atoms with van der Waals surface area (Å²) < 4.78 is 4.38. The maximum atomic E-state index is 4.61. The minimum absolute atomic E-state index is 0.390. The zero-order valence-electron chi connectivity index (χ0n) is 12.7. The van der Waals surface area contributed by atoms with Crippen LogP contribution in [0.2, 0.25) is 0 Å². The van der Waals surface area contributed by atoms with Crippen LogP contribution in [0.15, 0.2) is 12.5 Å². The van der Waals surface area contributed by atoms with Crippen LogP contribution in [0.25, 0.3) is 0 Å². The van der Waals surface area contributed by atoms with Crippen LogP contribution in [-0.2, 0) is 6.54 Å². The number of nitrogens with one attached hydrogen (secondary N) is 1. The van der Waals surface area contributed by atoms with E-state index in [1.165, 1.54) is 24.2 Å². The second-order valence-corrected chi connectivity index (χ2v) is 5.96. The molecule has 1 aliphatic carbocycles. The molecule has 3 rings (SSSR count). The number of imidazole rings is 1. The van der Waals surface area contributed by atoms with E-state index >= 15 is 0 Å². The molecule has 5 heteroatoms. The second-order valence-electron chi connectivity index (χ2n) is 5.96. The van der Waals surface area contributed by atoms with Crippen LogP contribution in [0.3, 0.4) is 0 Å². The predicted octanol–water partition coefficient (Wildman–Crippen LogP) is 3.22. The van der Waals surface area contributed by atoms with Crippen LogP contribution < -0.4 is 5.32 Å². The van der Waals surface area contributed by atoms with Crippen molar-refractivity contribution in [3.63, 3.8) is 0 Å². The molecule has 0 amide bonds. The molecule has 0 unspecified atom stereocenters. The molecule has 0 saturated heterocycles. The molecule has 108 valence electrons. The molecule has 0 aliphatic heterocycles. The first kappa shape index (κ1) is 13.2. The third kappa shape index (κ3) is 2.32. The molecular weight excluding hydrogens is 250 g/mol. The quantitative estimate of drug-likeness (QED) is 0.910. The molecule has 0 aromatic carbocycles. The summed E-state index contributed by atoms with van der Waals surface area (Å²) in [6, 6.07) is 1.07. The Hall–Kier alpha value is -1.78. The molecule has 0 atom stereocenters. The highest BCUT2D eigenvalue weighted by molar-refractivity contribution is 5.52. The zero-order valence-corrected chi connectivity index (χ0v) is 12.7. The summed E-state index contributed by atoms with van der Waals surface area (Å²) in [4.78, 5) is 4.28. The van der Waals surface area contributed by atoms with E-state index in [1.54, 1.807) is 0 Å². The Labute approximate surface area is 120 Å². The SMILES string of the molecule is Cc1nn(C(C)C)c(C)c1NCc1cncn1C1CC1. The molecule has 1 saturated carbocycles. The third-order valence-electron chi connectivity index (χ3n) is 3.95. The maximum absolute atomic E-state index is 4.61. The van der Waals surface area contributed by atoms with Gasteiger partial charge in [-0.15, -0.1) is 0 Å². The topological polar surface area (TPSA) is 47.7 Å². The molecule has 1 aliphatic rings. The van der Waals surface area contributed by atoms with E-state index in [4.69, 9.17) is 0 Å². The Kier molecular flexibility index (Phi) is 3.28.